The highest BCUT2D eigenvalue weighted by Gasteiger charge is 2.24. The number of carbonyl (C=O) groups is 2. The standard InChI is InChI=1S/C26H28F4N4O5.ClH/c1-14(31)23-22(24(36)33-13-16-6-8-17(27)12-18(16)28)34-25(39-23)15-7-9-19(38-26(29)30)20(11-15)37-10-4-3-5-21(35)32-2;/h6-9,11-12,14,26H,3-5,10,13,31H2,1-2H3,(H,32,35)(H,33,36);1H/t14-;/m0./s1. The summed E-state index contributed by atoms with van der Waals surface area (Å²) in [5.74, 6) is -2.68. The summed E-state index contributed by atoms with van der Waals surface area (Å²) in [5, 5.41) is 5.00. The molecule has 3 aromatic rings. The van der Waals surface area contributed by atoms with Crippen molar-refractivity contribution in [1.82, 2.24) is 15.6 Å². The summed E-state index contributed by atoms with van der Waals surface area (Å²) in [6.07, 6.45) is 1.27. The van der Waals surface area contributed by atoms with Crippen LogP contribution in [-0.2, 0) is 11.3 Å². The maximum absolute atomic E-state index is 13.9. The van der Waals surface area contributed by atoms with Crippen LogP contribution in [0, 0.1) is 11.6 Å². The van der Waals surface area contributed by atoms with E-state index >= 15 is 0 Å². The summed E-state index contributed by atoms with van der Waals surface area (Å²) in [7, 11) is 1.53. The molecule has 3 rings (SSSR count). The lowest BCUT2D eigenvalue weighted by atomic mass is 10.2. The number of ether oxygens (including phenoxy) is 2. The lowest BCUT2D eigenvalue weighted by molar-refractivity contribution is -0.120. The first-order chi connectivity index (χ1) is 18.6. The fraction of sp³-hybridized carbons (Fsp3) is 0.346. The SMILES string of the molecule is CNC(=O)CCCCOc1cc(-c2nc(C(=O)NCc3ccc(F)cc3F)c([C@H](C)N)o2)ccc1OC(F)F.Cl. The molecule has 1 heterocycles. The molecule has 218 valence electrons. The average molecular weight is 589 g/mol. The van der Waals surface area contributed by atoms with Gasteiger partial charge < -0.3 is 30.3 Å². The minimum Gasteiger partial charge on any atom is -0.490 e. The number of halogens is 5. The molecule has 40 heavy (non-hydrogen) atoms. The van der Waals surface area contributed by atoms with E-state index in [4.69, 9.17) is 14.9 Å². The largest absolute Gasteiger partial charge is 0.490 e. The maximum Gasteiger partial charge on any atom is 0.387 e. The number of amides is 2. The second-order valence-corrected chi connectivity index (χ2v) is 8.46. The number of benzene rings is 2. The molecule has 9 nitrogen and oxygen atoms in total. The van der Waals surface area contributed by atoms with Crippen LogP contribution in [0.2, 0.25) is 0 Å². The zero-order chi connectivity index (χ0) is 28.5. The molecule has 0 aliphatic heterocycles. The monoisotopic (exact) mass is 588 g/mol. The van der Waals surface area contributed by atoms with Gasteiger partial charge >= 0.3 is 6.61 Å². The second kappa shape index (κ2) is 15.1. The highest BCUT2D eigenvalue weighted by atomic mass is 35.5. The Morgan fingerprint density at radius 3 is 2.50 bits per heavy atom. The molecule has 2 aromatic carbocycles. The van der Waals surface area contributed by atoms with Crippen LogP contribution in [0.4, 0.5) is 17.6 Å². The Bertz CT molecular complexity index is 1310. The van der Waals surface area contributed by atoms with E-state index in [0.717, 1.165) is 6.07 Å². The van der Waals surface area contributed by atoms with Gasteiger partial charge in [-0.05, 0) is 44.0 Å². The van der Waals surface area contributed by atoms with E-state index in [-0.39, 0.29) is 77.9 Å². The predicted octanol–water partition coefficient (Wildman–Crippen LogP) is 4.89. The van der Waals surface area contributed by atoms with Crippen molar-refractivity contribution in [3.63, 3.8) is 0 Å². The van der Waals surface area contributed by atoms with Crippen LogP contribution in [-0.4, -0.2) is 37.1 Å². The van der Waals surface area contributed by atoms with Gasteiger partial charge in [-0.15, -0.1) is 12.4 Å². The summed E-state index contributed by atoms with van der Waals surface area (Å²) >= 11 is 0. The Labute approximate surface area is 233 Å². The van der Waals surface area contributed by atoms with Gasteiger partial charge in [-0.1, -0.05) is 6.07 Å². The average Bonchev–Trinajstić information content (AvgIpc) is 3.34. The normalized spacial score (nSPS) is 11.5. The number of nitrogens with two attached hydrogens (primary N) is 1. The Hall–Kier alpha value is -3.84. The molecule has 1 atom stereocenters. The molecule has 0 bridgehead atoms. The van der Waals surface area contributed by atoms with Gasteiger partial charge in [-0.25, -0.2) is 13.8 Å². The molecular formula is C26H29ClF4N4O5. The van der Waals surface area contributed by atoms with E-state index in [0.29, 0.717) is 18.9 Å². The van der Waals surface area contributed by atoms with Crippen molar-refractivity contribution in [2.45, 2.75) is 45.4 Å². The minimum absolute atomic E-state index is 0. The summed E-state index contributed by atoms with van der Waals surface area (Å²) in [6.45, 7) is -1.67. The number of rotatable bonds is 13. The van der Waals surface area contributed by atoms with Crippen molar-refractivity contribution in [3.8, 4) is 23.0 Å². The molecule has 2 amide bonds. The zero-order valence-corrected chi connectivity index (χ0v) is 22.5. The third-order valence-corrected chi connectivity index (χ3v) is 5.48. The van der Waals surface area contributed by atoms with Gasteiger partial charge in [-0.3, -0.25) is 9.59 Å². The van der Waals surface area contributed by atoms with Gasteiger partial charge in [0.2, 0.25) is 11.8 Å². The van der Waals surface area contributed by atoms with Crippen LogP contribution in [0.3, 0.4) is 0 Å². The number of hydrogen-bond donors (Lipinski definition) is 3. The zero-order valence-electron chi connectivity index (χ0n) is 21.6. The molecule has 14 heteroatoms. The topological polar surface area (TPSA) is 129 Å². The van der Waals surface area contributed by atoms with Crippen molar-refractivity contribution < 1.29 is 41.0 Å². The maximum atomic E-state index is 13.9. The number of aromatic nitrogens is 1. The number of unbranched alkanes of at least 4 members (excludes halogenated alkanes) is 1. The van der Waals surface area contributed by atoms with E-state index in [1.807, 2.05) is 0 Å². The first kappa shape index (κ1) is 32.4. The van der Waals surface area contributed by atoms with Crippen molar-refractivity contribution in [2.24, 2.45) is 5.73 Å². The fourth-order valence-corrected chi connectivity index (χ4v) is 3.49. The van der Waals surface area contributed by atoms with Crippen molar-refractivity contribution >= 4 is 24.2 Å². The lowest BCUT2D eigenvalue weighted by Crippen LogP contribution is -2.25. The van der Waals surface area contributed by atoms with Crippen LogP contribution in [0.1, 0.15) is 54.0 Å². The summed E-state index contributed by atoms with van der Waals surface area (Å²) < 4.78 is 68.8. The Balaban J connectivity index is 0.00000560. The molecule has 0 saturated heterocycles. The summed E-state index contributed by atoms with van der Waals surface area (Å²) in [5.41, 5.74) is 6.13. The van der Waals surface area contributed by atoms with Gasteiger partial charge in [-0.2, -0.15) is 8.78 Å². The number of nitrogens with one attached hydrogen (secondary N) is 2. The predicted molar refractivity (Wildman–Crippen MR) is 139 cm³/mol. The van der Waals surface area contributed by atoms with Crippen molar-refractivity contribution in [1.29, 1.82) is 0 Å². The third kappa shape index (κ3) is 8.85. The summed E-state index contributed by atoms with van der Waals surface area (Å²) in [6, 6.07) is 6.21. The van der Waals surface area contributed by atoms with E-state index < -0.39 is 30.2 Å². The number of hydrogen-bond acceptors (Lipinski definition) is 7. The third-order valence-electron chi connectivity index (χ3n) is 5.48. The highest BCUT2D eigenvalue weighted by molar-refractivity contribution is 5.94. The Morgan fingerprint density at radius 1 is 1.10 bits per heavy atom. The van der Waals surface area contributed by atoms with E-state index in [1.165, 1.54) is 31.3 Å². The second-order valence-electron chi connectivity index (χ2n) is 8.46. The van der Waals surface area contributed by atoms with E-state index in [1.54, 1.807) is 6.92 Å². The van der Waals surface area contributed by atoms with Gasteiger partial charge in [0.15, 0.2) is 23.0 Å². The van der Waals surface area contributed by atoms with Crippen LogP contribution in [0.5, 0.6) is 11.5 Å². The molecule has 0 saturated carbocycles. The smallest absolute Gasteiger partial charge is 0.387 e. The molecule has 0 radical (unpaired) electrons. The van der Waals surface area contributed by atoms with Gasteiger partial charge in [0, 0.05) is 37.2 Å². The quantitative estimate of drug-likeness (QED) is 0.192. The lowest BCUT2D eigenvalue weighted by Gasteiger charge is -2.13. The van der Waals surface area contributed by atoms with E-state index in [9.17, 15) is 27.2 Å². The molecule has 0 aliphatic carbocycles. The first-order valence-electron chi connectivity index (χ1n) is 12.0. The van der Waals surface area contributed by atoms with Crippen LogP contribution < -0.4 is 25.8 Å². The fourth-order valence-electron chi connectivity index (χ4n) is 3.49. The molecule has 0 aliphatic rings. The highest BCUT2D eigenvalue weighted by Crippen LogP contribution is 2.35. The Morgan fingerprint density at radius 2 is 1.85 bits per heavy atom. The van der Waals surface area contributed by atoms with Gasteiger partial charge in [0.1, 0.15) is 11.6 Å². The number of carbonyl (C=O) groups excluding carboxylic acids is 2. The first-order valence-corrected chi connectivity index (χ1v) is 12.0. The molecule has 0 fully saturated rings. The number of nitrogens with zero attached hydrogens (tertiary/aromatic N) is 1. The van der Waals surface area contributed by atoms with Crippen LogP contribution >= 0.6 is 12.4 Å². The molecule has 1 aromatic heterocycles. The van der Waals surface area contributed by atoms with Gasteiger partial charge in [0.05, 0.1) is 12.6 Å². The van der Waals surface area contributed by atoms with Crippen molar-refractivity contribution in [3.05, 3.63) is 65.1 Å². The van der Waals surface area contributed by atoms with Crippen LogP contribution in [0.25, 0.3) is 11.5 Å². The Kier molecular flexibility index (Phi) is 12.2. The van der Waals surface area contributed by atoms with Crippen molar-refractivity contribution in [2.75, 3.05) is 13.7 Å². The molecule has 0 unspecified atom stereocenters. The summed E-state index contributed by atoms with van der Waals surface area (Å²) in [4.78, 5) is 28.4. The number of oxazole rings is 1. The minimum atomic E-state index is -3.10. The van der Waals surface area contributed by atoms with Crippen LogP contribution in [0.15, 0.2) is 40.8 Å². The number of alkyl halides is 2. The molecule has 4 N–H and O–H groups in total. The van der Waals surface area contributed by atoms with E-state index in [2.05, 4.69) is 20.4 Å². The molecule has 0 spiro atoms. The van der Waals surface area contributed by atoms with Gasteiger partial charge in [0.25, 0.3) is 5.91 Å². The molecular weight excluding hydrogens is 560 g/mol.